The van der Waals surface area contributed by atoms with Gasteiger partial charge in [-0.15, -0.1) is 11.8 Å². The topological polar surface area (TPSA) is 101 Å². The minimum atomic E-state index is -0.481. The molecule has 1 atom stereocenters. The first-order valence-electron chi connectivity index (χ1n) is 7.57. The van der Waals surface area contributed by atoms with E-state index in [2.05, 4.69) is 15.3 Å². The van der Waals surface area contributed by atoms with Gasteiger partial charge in [0.1, 0.15) is 5.82 Å². The summed E-state index contributed by atoms with van der Waals surface area (Å²) in [4.78, 5) is 31.2. The maximum absolute atomic E-state index is 12.4. The van der Waals surface area contributed by atoms with Crippen LogP contribution >= 0.6 is 11.8 Å². The van der Waals surface area contributed by atoms with Crippen LogP contribution in [-0.4, -0.2) is 27.1 Å². The summed E-state index contributed by atoms with van der Waals surface area (Å²) in [6.45, 7) is 1.81. The van der Waals surface area contributed by atoms with Crippen LogP contribution in [0.15, 0.2) is 47.4 Å². The molecule has 7 nitrogen and oxygen atoms in total. The van der Waals surface area contributed by atoms with E-state index in [1.165, 1.54) is 17.8 Å². The molecule has 0 aliphatic carbocycles. The van der Waals surface area contributed by atoms with Gasteiger partial charge in [-0.3, -0.25) is 14.9 Å². The van der Waals surface area contributed by atoms with Crippen LogP contribution in [0.3, 0.4) is 0 Å². The van der Waals surface area contributed by atoms with Gasteiger partial charge in [0.05, 0.1) is 26.9 Å². The van der Waals surface area contributed by atoms with Gasteiger partial charge in [-0.2, -0.15) is 0 Å². The molecule has 0 spiro atoms. The number of nitrogens with zero attached hydrogens (tertiary/aromatic N) is 2. The Bertz CT molecular complexity index is 921. The number of aromatic nitrogens is 2. The number of fused-ring (bicyclic) bond motifs is 1. The summed E-state index contributed by atoms with van der Waals surface area (Å²) < 4.78 is 0. The van der Waals surface area contributed by atoms with Gasteiger partial charge in [0.25, 0.3) is 11.6 Å². The smallest absolute Gasteiger partial charge is 0.283 e. The van der Waals surface area contributed by atoms with Crippen LogP contribution in [0.5, 0.6) is 0 Å². The third-order valence-corrected chi connectivity index (χ3v) is 4.59. The second-order valence-corrected chi connectivity index (χ2v) is 6.33. The zero-order valence-electron chi connectivity index (χ0n) is 13.6. The van der Waals surface area contributed by atoms with Gasteiger partial charge in [0, 0.05) is 11.6 Å². The van der Waals surface area contributed by atoms with Crippen LogP contribution in [0.1, 0.15) is 29.1 Å². The van der Waals surface area contributed by atoms with Crippen molar-refractivity contribution in [3.8, 4) is 0 Å². The highest BCUT2D eigenvalue weighted by Crippen LogP contribution is 2.28. The minimum absolute atomic E-state index is 0.0726. The van der Waals surface area contributed by atoms with Crippen LogP contribution < -0.4 is 5.32 Å². The molecule has 2 aromatic carbocycles. The summed E-state index contributed by atoms with van der Waals surface area (Å²) in [5, 5.41) is 14.0. The van der Waals surface area contributed by atoms with E-state index in [0.717, 1.165) is 11.0 Å². The number of carbonyl (C=O) groups excluding carboxylic acids is 1. The Morgan fingerprint density at radius 2 is 2.08 bits per heavy atom. The normalized spacial score (nSPS) is 12.1. The maximum atomic E-state index is 12.4. The van der Waals surface area contributed by atoms with E-state index in [9.17, 15) is 14.9 Å². The Morgan fingerprint density at radius 1 is 1.32 bits per heavy atom. The molecular weight excluding hydrogens is 340 g/mol. The van der Waals surface area contributed by atoms with E-state index in [0.29, 0.717) is 10.7 Å². The molecule has 0 radical (unpaired) electrons. The largest absolute Gasteiger partial charge is 0.342 e. The number of H-pyrrole nitrogens is 1. The monoisotopic (exact) mass is 356 g/mol. The van der Waals surface area contributed by atoms with Crippen LogP contribution in [-0.2, 0) is 0 Å². The SMILES string of the molecule is CSc1ccc(C(=O)NC(C)c2nc3ccccc3[nH]2)cc1[N+](=O)[O-]. The molecule has 2 N–H and O–H groups in total. The Labute approximate surface area is 148 Å². The average Bonchev–Trinajstić information content (AvgIpc) is 3.05. The van der Waals surface area contributed by atoms with Gasteiger partial charge >= 0.3 is 0 Å². The molecule has 8 heteroatoms. The molecule has 0 aliphatic heterocycles. The van der Waals surface area contributed by atoms with E-state index in [1.54, 1.807) is 25.3 Å². The quantitative estimate of drug-likeness (QED) is 0.412. The molecule has 1 amide bonds. The molecular formula is C17H16N4O3S. The summed E-state index contributed by atoms with van der Waals surface area (Å²) in [7, 11) is 0. The predicted octanol–water partition coefficient (Wildman–Crippen LogP) is 3.68. The summed E-state index contributed by atoms with van der Waals surface area (Å²) >= 11 is 1.27. The van der Waals surface area contributed by atoms with Gasteiger partial charge in [-0.1, -0.05) is 12.1 Å². The van der Waals surface area contributed by atoms with Gasteiger partial charge in [-0.05, 0) is 37.4 Å². The highest BCUT2D eigenvalue weighted by atomic mass is 32.2. The van der Waals surface area contributed by atoms with Crippen molar-refractivity contribution in [2.24, 2.45) is 0 Å². The lowest BCUT2D eigenvalue weighted by atomic mass is 10.1. The Hall–Kier alpha value is -2.87. The Balaban J connectivity index is 1.81. The fourth-order valence-corrected chi connectivity index (χ4v) is 3.05. The molecule has 0 aliphatic rings. The standard InChI is InChI=1S/C17H16N4O3S/c1-10(16-19-12-5-3-4-6-13(12)20-16)18-17(22)11-7-8-15(25-2)14(9-11)21(23)24/h3-10H,1-2H3,(H,18,22)(H,19,20). The number of nitro benzene ring substituents is 1. The van der Waals surface area contributed by atoms with Crippen molar-refractivity contribution in [1.29, 1.82) is 0 Å². The number of rotatable bonds is 5. The Morgan fingerprint density at radius 3 is 2.76 bits per heavy atom. The molecule has 3 aromatic rings. The molecule has 0 bridgehead atoms. The van der Waals surface area contributed by atoms with Crippen molar-refractivity contribution >= 4 is 34.4 Å². The highest BCUT2D eigenvalue weighted by molar-refractivity contribution is 7.98. The number of nitro groups is 1. The number of para-hydroxylation sites is 2. The molecule has 0 fully saturated rings. The van der Waals surface area contributed by atoms with E-state index in [4.69, 9.17) is 0 Å². The number of amides is 1. The third-order valence-electron chi connectivity index (χ3n) is 3.80. The molecule has 1 heterocycles. The average molecular weight is 356 g/mol. The summed E-state index contributed by atoms with van der Waals surface area (Å²) in [6, 6.07) is 11.7. The van der Waals surface area contributed by atoms with E-state index >= 15 is 0 Å². The zero-order valence-corrected chi connectivity index (χ0v) is 14.5. The lowest BCUT2D eigenvalue weighted by molar-refractivity contribution is -0.387. The number of benzene rings is 2. The van der Waals surface area contributed by atoms with Crippen molar-refractivity contribution in [2.75, 3.05) is 6.26 Å². The summed E-state index contributed by atoms with van der Waals surface area (Å²) in [5.41, 5.74) is 1.88. The lowest BCUT2D eigenvalue weighted by Crippen LogP contribution is -2.27. The number of hydrogen-bond acceptors (Lipinski definition) is 5. The van der Waals surface area contributed by atoms with Gasteiger partial charge < -0.3 is 10.3 Å². The number of aromatic amines is 1. The molecule has 3 rings (SSSR count). The van der Waals surface area contributed by atoms with E-state index in [1.807, 2.05) is 24.3 Å². The van der Waals surface area contributed by atoms with Crippen molar-refractivity contribution in [3.05, 3.63) is 64.0 Å². The van der Waals surface area contributed by atoms with Crippen molar-refractivity contribution in [3.63, 3.8) is 0 Å². The molecule has 1 unspecified atom stereocenters. The third kappa shape index (κ3) is 3.48. The fourth-order valence-electron chi connectivity index (χ4n) is 2.50. The first kappa shape index (κ1) is 17.0. The lowest BCUT2D eigenvalue weighted by Gasteiger charge is -2.11. The van der Waals surface area contributed by atoms with Crippen molar-refractivity contribution in [2.45, 2.75) is 17.9 Å². The number of thioether (sulfide) groups is 1. The molecule has 25 heavy (non-hydrogen) atoms. The van der Waals surface area contributed by atoms with Crippen molar-refractivity contribution < 1.29 is 9.72 Å². The van der Waals surface area contributed by atoms with Crippen LogP contribution in [0.25, 0.3) is 11.0 Å². The van der Waals surface area contributed by atoms with Crippen molar-refractivity contribution in [1.82, 2.24) is 15.3 Å². The van der Waals surface area contributed by atoms with Crippen LogP contribution in [0, 0.1) is 10.1 Å². The molecule has 128 valence electrons. The summed E-state index contributed by atoms with van der Waals surface area (Å²) in [6.07, 6.45) is 1.76. The van der Waals surface area contributed by atoms with Crippen LogP contribution in [0.2, 0.25) is 0 Å². The number of nitrogens with one attached hydrogen (secondary N) is 2. The van der Waals surface area contributed by atoms with Gasteiger partial charge in [0.2, 0.25) is 0 Å². The molecule has 0 saturated carbocycles. The van der Waals surface area contributed by atoms with Gasteiger partial charge in [0.15, 0.2) is 0 Å². The Kier molecular flexibility index (Phi) is 4.71. The maximum Gasteiger partial charge on any atom is 0.283 e. The predicted molar refractivity (Wildman–Crippen MR) is 96.9 cm³/mol. The zero-order chi connectivity index (χ0) is 18.0. The molecule has 1 aromatic heterocycles. The minimum Gasteiger partial charge on any atom is -0.342 e. The highest BCUT2D eigenvalue weighted by Gasteiger charge is 2.19. The van der Waals surface area contributed by atoms with Gasteiger partial charge in [-0.25, -0.2) is 4.98 Å². The number of carbonyl (C=O) groups is 1. The van der Waals surface area contributed by atoms with E-state index in [-0.39, 0.29) is 23.2 Å². The first-order valence-corrected chi connectivity index (χ1v) is 8.80. The summed E-state index contributed by atoms with van der Waals surface area (Å²) in [5.74, 6) is 0.244. The second-order valence-electron chi connectivity index (χ2n) is 5.48. The molecule has 0 saturated heterocycles. The second kappa shape index (κ2) is 6.94. The first-order chi connectivity index (χ1) is 12.0. The van der Waals surface area contributed by atoms with E-state index < -0.39 is 4.92 Å². The number of imidazole rings is 1. The fraction of sp³-hybridized carbons (Fsp3) is 0.176. The van der Waals surface area contributed by atoms with Crippen LogP contribution in [0.4, 0.5) is 5.69 Å². The number of hydrogen-bond donors (Lipinski definition) is 2.